The van der Waals surface area contributed by atoms with Gasteiger partial charge in [-0.2, -0.15) is 4.98 Å². The number of piperidine rings is 1. The molecule has 1 fully saturated rings. The van der Waals surface area contributed by atoms with Gasteiger partial charge in [0.2, 0.25) is 0 Å². The molecule has 0 spiro atoms. The number of ether oxygens (including phenoxy) is 1. The fourth-order valence-electron chi connectivity index (χ4n) is 3.44. The van der Waals surface area contributed by atoms with Crippen molar-refractivity contribution in [3.8, 4) is 0 Å². The van der Waals surface area contributed by atoms with Gasteiger partial charge >= 0.3 is 5.97 Å². The highest BCUT2D eigenvalue weighted by Gasteiger charge is 2.34. The molecular formula is C18H23ClN4O5. The Morgan fingerprint density at radius 1 is 1.43 bits per heavy atom. The van der Waals surface area contributed by atoms with Crippen LogP contribution in [0.3, 0.4) is 0 Å². The standard InChI is InChI=1S/C18H23ClN4O5/c1-4-11-15(19)22-16(20-11)12(24)7-10-5-6-23(8-13(10)27-3)18-21-14(17(25)26)9(2)28-18/h10,13H,4-8H2,1-3H3,(H,20,22)(H,25,26)/t10-,13-/m0/s1. The summed E-state index contributed by atoms with van der Waals surface area (Å²) >= 11 is 6.03. The van der Waals surface area contributed by atoms with Crippen LogP contribution < -0.4 is 4.90 Å². The van der Waals surface area contributed by atoms with E-state index in [9.17, 15) is 9.59 Å². The number of aromatic amines is 1. The molecule has 28 heavy (non-hydrogen) atoms. The number of Topliss-reactive ketones (excluding diaryl/α,β-unsaturated/α-hetero) is 1. The third-order valence-corrected chi connectivity index (χ3v) is 5.36. The van der Waals surface area contributed by atoms with Crippen molar-refractivity contribution in [2.75, 3.05) is 25.1 Å². The number of hydrogen-bond donors (Lipinski definition) is 2. The minimum atomic E-state index is -1.13. The van der Waals surface area contributed by atoms with E-state index in [4.69, 9.17) is 25.9 Å². The van der Waals surface area contributed by atoms with Gasteiger partial charge in [-0.05, 0) is 25.7 Å². The quantitative estimate of drug-likeness (QED) is 0.668. The third kappa shape index (κ3) is 4.05. The van der Waals surface area contributed by atoms with Crippen LogP contribution >= 0.6 is 11.6 Å². The van der Waals surface area contributed by atoms with Gasteiger partial charge in [0.25, 0.3) is 6.01 Å². The number of rotatable bonds is 7. The molecule has 0 aliphatic carbocycles. The van der Waals surface area contributed by atoms with Crippen LogP contribution in [0.5, 0.6) is 0 Å². The van der Waals surface area contributed by atoms with E-state index in [0.717, 1.165) is 5.69 Å². The van der Waals surface area contributed by atoms with E-state index in [0.29, 0.717) is 31.1 Å². The Bertz CT molecular complexity index is 877. The third-order valence-electron chi connectivity index (χ3n) is 5.05. The molecule has 0 bridgehead atoms. The number of aromatic carboxylic acids is 1. The van der Waals surface area contributed by atoms with Crippen LogP contribution in [0.25, 0.3) is 0 Å². The molecule has 2 aromatic rings. The van der Waals surface area contributed by atoms with E-state index in [2.05, 4.69) is 15.0 Å². The molecule has 0 radical (unpaired) electrons. The smallest absolute Gasteiger partial charge is 0.358 e. The van der Waals surface area contributed by atoms with E-state index in [-0.39, 0.29) is 47.5 Å². The van der Waals surface area contributed by atoms with Crippen LogP contribution in [0.15, 0.2) is 4.42 Å². The average molecular weight is 411 g/mol. The van der Waals surface area contributed by atoms with Gasteiger partial charge in [0, 0.05) is 26.6 Å². The fraction of sp³-hybridized carbons (Fsp3) is 0.556. The van der Waals surface area contributed by atoms with Gasteiger partial charge in [0.05, 0.1) is 11.8 Å². The summed E-state index contributed by atoms with van der Waals surface area (Å²) in [5, 5.41) is 9.47. The van der Waals surface area contributed by atoms with Gasteiger partial charge in [0.1, 0.15) is 5.76 Å². The average Bonchev–Trinajstić information content (AvgIpc) is 3.24. The first-order chi connectivity index (χ1) is 13.3. The Kier molecular flexibility index (Phi) is 6.04. The van der Waals surface area contributed by atoms with Crippen LogP contribution in [0, 0.1) is 12.8 Å². The minimum Gasteiger partial charge on any atom is -0.476 e. The van der Waals surface area contributed by atoms with Gasteiger partial charge in [0.15, 0.2) is 22.5 Å². The Hall–Kier alpha value is -2.39. The molecule has 0 amide bonds. The first-order valence-corrected chi connectivity index (χ1v) is 9.47. The lowest BCUT2D eigenvalue weighted by atomic mass is 9.89. The summed E-state index contributed by atoms with van der Waals surface area (Å²) in [5.41, 5.74) is 0.652. The van der Waals surface area contributed by atoms with Crippen molar-refractivity contribution in [2.45, 2.75) is 39.2 Å². The highest BCUT2D eigenvalue weighted by molar-refractivity contribution is 6.30. The molecule has 2 N–H and O–H groups in total. The van der Waals surface area contributed by atoms with Crippen LogP contribution in [-0.4, -0.2) is 58.1 Å². The summed E-state index contributed by atoms with van der Waals surface area (Å²) in [7, 11) is 1.59. The summed E-state index contributed by atoms with van der Waals surface area (Å²) < 4.78 is 11.1. The second-order valence-electron chi connectivity index (χ2n) is 6.81. The number of oxazole rings is 1. The highest BCUT2D eigenvalue weighted by Crippen LogP contribution is 2.29. The first-order valence-electron chi connectivity index (χ1n) is 9.10. The molecule has 1 aliphatic heterocycles. The molecule has 2 aromatic heterocycles. The lowest BCUT2D eigenvalue weighted by Crippen LogP contribution is -2.45. The number of carbonyl (C=O) groups excluding carboxylic acids is 1. The van der Waals surface area contributed by atoms with Gasteiger partial charge in [-0.3, -0.25) is 4.79 Å². The number of aromatic nitrogens is 3. The van der Waals surface area contributed by atoms with Crippen molar-refractivity contribution >= 4 is 29.4 Å². The van der Waals surface area contributed by atoms with Crippen LogP contribution in [0.1, 0.15) is 52.3 Å². The maximum absolute atomic E-state index is 12.6. The Morgan fingerprint density at radius 3 is 2.75 bits per heavy atom. The molecule has 3 heterocycles. The predicted octanol–water partition coefficient (Wildman–Crippen LogP) is 2.73. The van der Waals surface area contributed by atoms with Gasteiger partial charge in [-0.25, -0.2) is 9.78 Å². The number of H-pyrrole nitrogens is 1. The summed E-state index contributed by atoms with van der Waals surface area (Å²) in [6.07, 6.45) is 1.40. The van der Waals surface area contributed by atoms with E-state index in [1.807, 2.05) is 11.8 Å². The van der Waals surface area contributed by atoms with E-state index >= 15 is 0 Å². The minimum absolute atomic E-state index is 0.00212. The zero-order chi connectivity index (χ0) is 20.4. The number of hydrogen-bond acceptors (Lipinski definition) is 7. The number of carboxylic acid groups (broad SMARTS) is 1. The normalized spacial score (nSPS) is 19.8. The molecule has 0 saturated carbocycles. The van der Waals surface area contributed by atoms with E-state index < -0.39 is 5.97 Å². The molecule has 10 heteroatoms. The Balaban J connectivity index is 1.68. The van der Waals surface area contributed by atoms with Crippen molar-refractivity contribution in [1.82, 2.24) is 15.0 Å². The molecular weight excluding hydrogens is 388 g/mol. The zero-order valence-electron chi connectivity index (χ0n) is 16.0. The Labute approximate surface area is 167 Å². The largest absolute Gasteiger partial charge is 0.476 e. The monoisotopic (exact) mass is 410 g/mol. The maximum Gasteiger partial charge on any atom is 0.358 e. The number of nitrogens with zero attached hydrogens (tertiary/aromatic N) is 3. The van der Waals surface area contributed by atoms with E-state index in [1.54, 1.807) is 14.0 Å². The lowest BCUT2D eigenvalue weighted by Gasteiger charge is -2.36. The number of halogens is 1. The summed E-state index contributed by atoms with van der Waals surface area (Å²) in [6, 6.07) is 0.257. The number of carbonyl (C=O) groups is 2. The molecule has 152 valence electrons. The SMILES string of the molecule is CCc1[nH]c(C(=O)C[C@@H]2CCN(c3nc(C(=O)O)c(C)o3)C[C@@H]2OC)nc1Cl. The molecule has 2 atom stereocenters. The van der Waals surface area contributed by atoms with Crippen molar-refractivity contribution < 1.29 is 23.8 Å². The molecule has 3 rings (SSSR count). The maximum atomic E-state index is 12.6. The van der Waals surface area contributed by atoms with Gasteiger partial charge in [-0.15, -0.1) is 0 Å². The first kappa shape index (κ1) is 20.3. The summed E-state index contributed by atoms with van der Waals surface area (Å²) in [6.45, 7) is 4.53. The lowest BCUT2D eigenvalue weighted by molar-refractivity contribution is 0.0363. The molecule has 1 saturated heterocycles. The van der Waals surface area contributed by atoms with Crippen molar-refractivity contribution in [3.63, 3.8) is 0 Å². The van der Waals surface area contributed by atoms with Gasteiger partial charge in [-0.1, -0.05) is 18.5 Å². The molecule has 1 aliphatic rings. The number of carboxylic acids is 1. The number of methoxy groups -OCH3 is 1. The van der Waals surface area contributed by atoms with Crippen LogP contribution in [0.2, 0.25) is 5.15 Å². The number of anilines is 1. The summed E-state index contributed by atoms with van der Waals surface area (Å²) in [5.74, 6) is -0.705. The van der Waals surface area contributed by atoms with Crippen molar-refractivity contribution in [1.29, 1.82) is 0 Å². The number of aryl methyl sites for hydroxylation is 2. The number of imidazole rings is 1. The summed E-state index contributed by atoms with van der Waals surface area (Å²) in [4.78, 5) is 36.8. The van der Waals surface area contributed by atoms with E-state index in [1.165, 1.54) is 0 Å². The number of nitrogens with one attached hydrogen (secondary N) is 1. The van der Waals surface area contributed by atoms with Crippen LogP contribution in [-0.2, 0) is 11.2 Å². The highest BCUT2D eigenvalue weighted by atomic mass is 35.5. The van der Waals surface area contributed by atoms with Gasteiger partial charge < -0.3 is 24.1 Å². The molecule has 0 unspecified atom stereocenters. The zero-order valence-corrected chi connectivity index (χ0v) is 16.7. The molecule has 0 aromatic carbocycles. The Morgan fingerprint density at radius 2 is 2.18 bits per heavy atom. The predicted molar refractivity (Wildman–Crippen MR) is 101 cm³/mol. The fourth-order valence-corrected chi connectivity index (χ4v) is 3.71. The second kappa shape index (κ2) is 8.32. The number of ketones is 1. The van der Waals surface area contributed by atoms with Crippen molar-refractivity contribution in [2.24, 2.45) is 5.92 Å². The van der Waals surface area contributed by atoms with Crippen molar-refractivity contribution in [3.05, 3.63) is 28.1 Å². The second-order valence-corrected chi connectivity index (χ2v) is 7.17. The molecule has 9 nitrogen and oxygen atoms in total. The van der Waals surface area contributed by atoms with Crippen LogP contribution in [0.4, 0.5) is 6.01 Å². The topological polar surface area (TPSA) is 122 Å².